The molecular formula is C27H33N5. The number of pyridine rings is 1. The Labute approximate surface area is 189 Å². The van der Waals surface area contributed by atoms with Gasteiger partial charge in [-0.1, -0.05) is 47.6 Å². The van der Waals surface area contributed by atoms with Crippen LogP contribution in [0, 0.1) is 10.8 Å². The van der Waals surface area contributed by atoms with Crippen LogP contribution in [0.1, 0.15) is 102 Å². The van der Waals surface area contributed by atoms with Crippen molar-refractivity contribution in [3.8, 4) is 22.8 Å². The van der Waals surface area contributed by atoms with Gasteiger partial charge in [0, 0.05) is 33.3 Å². The molecule has 0 aromatic carbocycles. The van der Waals surface area contributed by atoms with Gasteiger partial charge in [0.15, 0.2) is 0 Å². The van der Waals surface area contributed by atoms with E-state index < -0.39 is 0 Å². The zero-order chi connectivity index (χ0) is 22.3. The van der Waals surface area contributed by atoms with Crippen molar-refractivity contribution < 1.29 is 0 Å². The molecule has 166 valence electrons. The topological polar surface area (TPSA) is 70.2 Å². The van der Waals surface area contributed by atoms with Crippen LogP contribution in [-0.2, 0) is 10.8 Å². The summed E-state index contributed by atoms with van der Waals surface area (Å²) < 4.78 is 0. The van der Waals surface area contributed by atoms with E-state index in [-0.39, 0.29) is 21.7 Å². The van der Waals surface area contributed by atoms with Gasteiger partial charge < -0.3 is 0 Å². The lowest BCUT2D eigenvalue weighted by atomic mass is 9.70. The smallest absolute Gasteiger partial charge is 0.114 e. The molecule has 0 aliphatic heterocycles. The minimum Gasteiger partial charge on any atom is -0.281 e. The third-order valence-electron chi connectivity index (χ3n) is 11.1. The van der Waals surface area contributed by atoms with Crippen LogP contribution < -0.4 is 0 Å². The molecule has 4 bridgehead atoms. The molecular weight excluding hydrogens is 394 g/mol. The van der Waals surface area contributed by atoms with Gasteiger partial charge in [-0.2, -0.15) is 10.2 Å². The van der Waals surface area contributed by atoms with Gasteiger partial charge in [-0.3, -0.25) is 10.2 Å². The maximum absolute atomic E-state index is 5.16. The molecule has 5 nitrogen and oxygen atoms in total. The molecule has 0 spiro atoms. The highest BCUT2D eigenvalue weighted by Gasteiger charge is 2.62. The fourth-order valence-corrected chi connectivity index (χ4v) is 8.22. The van der Waals surface area contributed by atoms with Gasteiger partial charge in [0.2, 0.25) is 0 Å². The standard InChI is InChI=1S/C27H33N5/c1-24(2)14-10-12-26(24,5)22-18(14)20(29-31-22)16-8-7-9-17(28-16)21-19-15-11-13-27(6,25(15,3)4)23(19)32-30-21/h7-9,14-15H,10-13H2,1-6H3,(H,29,31)(H,30,32)/t14-,15-,26+,27+/m1/s1. The van der Waals surface area contributed by atoms with E-state index in [2.05, 4.69) is 69.9 Å². The minimum atomic E-state index is 0.180. The number of hydrogen-bond donors (Lipinski definition) is 2. The van der Waals surface area contributed by atoms with Gasteiger partial charge in [-0.25, -0.2) is 4.98 Å². The fraction of sp³-hybridized carbons (Fsp3) is 0.593. The van der Waals surface area contributed by atoms with Gasteiger partial charge in [0.25, 0.3) is 0 Å². The summed E-state index contributed by atoms with van der Waals surface area (Å²) in [6, 6.07) is 6.36. The molecule has 2 fully saturated rings. The second-order valence-electron chi connectivity index (χ2n) is 12.4. The van der Waals surface area contributed by atoms with Crippen LogP contribution in [0.25, 0.3) is 22.8 Å². The first-order valence-corrected chi connectivity index (χ1v) is 12.3. The molecule has 5 heteroatoms. The molecule has 3 aromatic heterocycles. The third kappa shape index (κ3) is 1.81. The maximum Gasteiger partial charge on any atom is 0.114 e. The van der Waals surface area contributed by atoms with Crippen LogP contribution in [0.2, 0.25) is 0 Å². The predicted molar refractivity (Wildman–Crippen MR) is 126 cm³/mol. The van der Waals surface area contributed by atoms with E-state index in [9.17, 15) is 0 Å². The Balaban J connectivity index is 1.35. The van der Waals surface area contributed by atoms with Gasteiger partial charge >= 0.3 is 0 Å². The number of fused-ring (bicyclic) bond motifs is 10. The lowest BCUT2D eigenvalue weighted by Crippen LogP contribution is -2.32. The van der Waals surface area contributed by atoms with Crippen molar-refractivity contribution >= 4 is 0 Å². The number of nitrogens with one attached hydrogen (secondary N) is 2. The van der Waals surface area contributed by atoms with Crippen LogP contribution in [0.5, 0.6) is 0 Å². The van der Waals surface area contributed by atoms with Crippen molar-refractivity contribution in [3.05, 3.63) is 40.7 Å². The van der Waals surface area contributed by atoms with Crippen LogP contribution in [0.4, 0.5) is 0 Å². The molecule has 4 atom stereocenters. The Morgan fingerprint density at radius 1 is 0.719 bits per heavy atom. The molecule has 0 amide bonds. The van der Waals surface area contributed by atoms with Crippen LogP contribution in [0.15, 0.2) is 18.2 Å². The van der Waals surface area contributed by atoms with Gasteiger partial charge in [0.1, 0.15) is 11.4 Å². The molecule has 4 aliphatic rings. The molecule has 3 aromatic rings. The van der Waals surface area contributed by atoms with Crippen LogP contribution >= 0.6 is 0 Å². The van der Waals surface area contributed by atoms with E-state index in [0.29, 0.717) is 11.8 Å². The second kappa shape index (κ2) is 5.37. The molecule has 3 heterocycles. The number of H-pyrrole nitrogens is 2. The Hall–Kier alpha value is -2.43. The number of hydrogen-bond acceptors (Lipinski definition) is 3. The summed E-state index contributed by atoms with van der Waals surface area (Å²) in [5.41, 5.74) is 10.4. The average Bonchev–Trinajstić information content (AvgIpc) is 3.52. The lowest BCUT2D eigenvalue weighted by molar-refractivity contribution is 0.225. The Morgan fingerprint density at radius 2 is 1.16 bits per heavy atom. The SMILES string of the molecule is CC1(C)[C@@H]2CC[C@@]1(C)c1[nH]nc(-c3cccc(-c4n[nH]c5c4[C@H]4CC[C@]5(C)C4(C)C)n3)c12. The Bertz CT molecular complexity index is 1200. The van der Waals surface area contributed by atoms with Crippen LogP contribution in [0.3, 0.4) is 0 Å². The van der Waals surface area contributed by atoms with Crippen molar-refractivity contribution in [2.45, 2.75) is 89.9 Å². The molecule has 0 saturated heterocycles. The number of nitrogens with zero attached hydrogens (tertiary/aromatic N) is 3. The third-order valence-corrected chi connectivity index (χ3v) is 11.1. The van der Waals surface area contributed by atoms with Crippen molar-refractivity contribution in [1.29, 1.82) is 0 Å². The molecule has 0 unspecified atom stereocenters. The zero-order valence-electron chi connectivity index (χ0n) is 20.1. The zero-order valence-corrected chi connectivity index (χ0v) is 20.1. The van der Waals surface area contributed by atoms with E-state index in [4.69, 9.17) is 15.2 Å². The van der Waals surface area contributed by atoms with Gasteiger partial charge in [-0.05, 0) is 60.5 Å². The first-order chi connectivity index (χ1) is 15.1. The highest BCUT2D eigenvalue weighted by Crippen LogP contribution is 2.69. The molecule has 32 heavy (non-hydrogen) atoms. The summed E-state index contributed by atoms with van der Waals surface area (Å²) in [6.07, 6.45) is 4.96. The molecule has 4 aliphatic carbocycles. The number of rotatable bonds is 2. The molecule has 2 N–H and O–H groups in total. The summed E-state index contributed by atoms with van der Waals surface area (Å²) >= 11 is 0. The largest absolute Gasteiger partial charge is 0.281 e. The average molecular weight is 428 g/mol. The quantitative estimate of drug-likeness (QED) is 0.511. The van der Waals surface area contributed by atoms with E-state index in [1.165, 1.54) is 48.2 Å². The molecule has 7 rings (SSSR count). The van der Waals surface area contributed by atoms with Crippen molar-refractivity contribution in [3.63, 3.8) is 0 Å². The number of aromatic amines is 2. The summed E-state index contributed by atoms with van der Waals surface area (Å²) in [5, 5.41) is 16.5. The van der Waals surface area contributed by atoms with Gasteiger partial charge in [0.05, 0.1) is 11.4 Å². The minimum absolute atomic E-state index is 0.180. The molecule has 2 saturated carbocycles. The predicted octanol–water partition coefficient (Wildman–Crippen LogP) is 6.21. The summed E-state index contributed by atoms with van der Waals surface area (Å²) in [6.45, 7) is 14.5. The summed E-state index contributed by atoms with van der Waals surface area (Å²) in [7, 11) is 0. The second-order valence-corrected chi connectivity index (χ2v) is 12.4. The lowest BCUT2D eigenvalue weighted by Gasteiger charge is -2.34. The highest BCUT2D eigenvalue weighted by atomic mass is 15.2. The summed E-state index contributed by atoms with van der Waals surface area (Å²) in [4.78, 5) is 5.16. The first kappa shape index (κ1) is 19.1. The van der Waals surface area contributed by atoms with E-state index in [1.54, 1.807) is 0 Å². The molecule has 0 radical (unpaired) electrons. The van der Waals surface area contributed by atoms with Crippen LogP contribution in [-0.4, -0.2) is 25.4 Å². The van der Waals surface area contributed by atoms with Crippen molar-refractivity contribution in [2.24, 2.45) is 10.8 Å². The summed E-state index contributed by atoms with van der Waals surface area (Å²) in [5.74, 6) is 1.10. The monoisotopic (exact) mass is 427 g/mol. The fourth-order valence-electron chi connectivity index (χ4n) is 8.22. The van der Waals surface area contributed by atoms with E-state index in [1.807, 2.05) is 0 Å². The maximum atomic E-state index is 5.16. The normalized spacial score (nSPS) is 34.8. The highest BCUT2D eigenvalue weighted by molar-refractivity contribution is 5.71. The number of aromatic nitrogens is 5. The Morgan fingerprint density at radius 3 is 1.59 bits per heavy atom. The van der Waals surface area contributed by atoms with Crippen molar-refractivity contribution in [1.82, 2.24) is 25.4 Å². The van der Waals surface area contributed by atoms with Gasteiger partial charge in [-0.15, -0.1) is 0 Å². The van der Waals surface area contributed by atoms with E-state index >= 15 is 0 Å². The van der Waals surface area contributed by atoms with E-state index in [0.717, 1.165) is 22.8 Å². The van der Waals surface area contributed by atoms with Crippen molar-refractivity contribution in [2.75, 3.05) is 0 Å². The Kier molecular flexibility index (Phi) is 3.20. The first-order valence-electron chi connectivity index (χ1n) is 12.3.